The van der Waals surface area contributed by atoms with Gasteiger partial charge >= 0.3 is 0 Å². The molecule has 0 radical (unpaired) electrons. The lowest BCUT2D eigenvalue weighted by Crippen LogP contribution is -2.39. The lowest BCUT2D eigenvalue weighted by atomic mass is 9.77. The molecule has 2 fully saturated rings. The fourth-order valence-corrected chi connectivity index (χ4v) is 3.35. The van der Waals surface area contributed by atoms with Gasteiger partial charge in [-0.05, 0) is 30.1 Å². The summed E-state index contributed by atoms with van der Waals surface area (Å²) in [6, 6.07) is 0.530. The molecular weight excluding hydrogens is 174 g/mol. The van der Waals surface area contributed by atoms with Gasteiger partial charge in [-0.1, -0.05) is 20.8 Å². The number of hydrogen-bond donors (Lipinski definition) is 0. The zero-order valence-electron chi connectivity index (χ0n) is 9.71. The van der Waals surface area contributed by atoms with Gasteiger partial charge in [0.05, 0.1) is 0 Å². The predicted octanol–water partition coefficient (Wildman–Crippen LogP) is 2.29. The molecule has 1 heterocycles. The van der Waals surface area contributed by atoms with Crippen molar-refractivity contribution < 1.29 is 4.79 Å². The minimum atomic E-state index is 0.346. The molecule has 0 aromatic rings. The second kappa shape index (κ2) is 2.98. The number of fused-ring (bicyclic) bond motifs is 1. The topological polar surface area (TPSA) is 20.3 Å². The van der Waals surface area contributed by atoms with Crippen LogP contribution < -0.4 is 0 Å². The monoisotopic (exact) mass is 195 g/mol. The molecule has 0 N–H and O–H groups in total. The molecule has 80 valence electrons. The van der Waals surface area contributed by atoms with Crippen LogP contribution in [0.3, 0.4) is 0 Å². The van der Waals surface area contributed by atoms with E-state index in [2.05, 4.69) is 20.8 Å². The highest BCUT2D eigenvalue weighted by molar-refractivity contribution is 5.79. The van der Waals surface area contributed by atoms with Crippen molar-refractivity contribution >= 4 is 5.91 Å². The molecule has 0 bridgehead atoms. The van der Waals surface area contributed by atoms with E-state index >= 15 is 0 Å². The maximum Gasteiger partial charge on any atom is 0.222 e. The first-order chi connectivity index (χ1) is 6.41. The Hall–Kier alpha value is -0.530. The molecule has 1 saturated carbocycles. The molecule has 0 aromatic carbocycles. The van der Waals surface area contributed by atoms with E-state index in [1.165, 1.54) is 12.8 Å². The van der Waals surface area contributed by atoms with Gasteiger partial charge in [-0.15, -0.1) is 0 Å². The van der Waals surface area contributed by atoms with Gasteiger partial charge in [-0.2, -0.15) is 0 Å². The molecule has 1 amide bonds. The first kappa shape index (κ1) is 10.0. The molecule has 1 aliphatic carbocycles. The minimum absolute atomic E-state index is 0.346. The highest BCUT2D eigenvalue weighted by Crippen LogP contribution is 2.48. The number of carbonyl (C=O) groups excluding carboxylic acids is 1. The summed E-state index contributed by atoms with van der Waals surface area (Å²) < 4.78 is 0. The van der Waals surface area contributed by atoms with E-state index in [1.54, 1.807) is 0 Å². The van der Waals surface area contributed by atoms with Gasteiger partial charge in [0.15, 0.2) is 0 Å². The van der Waals surface area contributed by atoms with Crippen molar-refractivity contribution in [1.29, 1.82) is 0 Å². The lowest BCUT2D eigenvalue weighted by molar-refractivity contribution is -0.128. The summed E-state index contributed by atoms with van der Waals surface area (Å²) in [7, 11) is 1.98. The number of rotatable bonds is 0. The highest BCUT2D eigenvalue weighted by Gasteiger charge is 2.49. The Morgan fingerprint density at radius 3 is 2.50 bits per heavy atom. The third-order valence-corrected chi connectivity index (χ3v) is 4.13. The van der Waals surface area contributed by atoms with Gasteiger partial charge in [-0.3, -0.25) is 4.79 Å². The van der Waals surface area contributed by atoms with Crippen molar-refractivity contribution in [3.05, 3.63) is 0 Å². The summed E-state index contributed by atoms with van der Waals surface area (Å²) in [6.45, 7) is 6.91. The van der Waals surface area contributed by atoms with E-state index in [9.17, 15) is 4.79 Å². The smallest absolute Gasteiger partial charge is 0.222 e. The van der Waals surface area contributed by atoms with Crippen molar-refractivity contribution in [3.8, 4) is 0 Å². The third kappa shape index (κ3) is 1.35. The number of hydrogen-bond acceptors (Lipinski definition) is 1. The maximum atomic E-state index is 11.6. The zero-order valence-corrected chi connectivity index (χ0v) is 9.71. The van der Waals surface area contributed by atoms with Crippen molar-refractivity contribution in [2.75, 3.05) is 7.05 Å². The van der Waals surface area contributed by atoms with Gasteiger partial charge < -0.3 is 4.90 Å². The molecule has 1 aliphatic heterocycles. The highest BCUT2D eigenvalue weighted by atomic mass is 16.2. The fourth-order valence-electron chi connectivity index (χ4n) is 3.35. The van der Waals surface area contributed by atoms with Crippen LogP contribution in [0, 0.1) is 17.3 Å². The van der Waals surface area contributed by atoms with Gasteiger partial charge in [0.1, 0.15) is 0 Å². The van der Waals surface area contributed by atoms with Gasteiger partial charge in [-0.25, -0.2) is 0 Å². The number of nitrogens with zero attached hydrogens (tertiary/aromatic N) is 1. The van der Waals surface area contributed by atoms with Crippen LogP contribution in [0.15, 0.2) is 0 Å². The molecule has 2 heteroatoms. The zero-order chi connectivity index (χ0) is 10.5. The Labute approximate surface area is 86.7 Å². The van der Waals surface area contributed by atoms with E-state index < -0.39 is 0 Å². The molecule has 2 rings (SSSR count). The van der Waals surface area contributed by atoms with Crippen molar-refractivity contribution in [2.45, 2.75) is 46.1 Å². The second-order valence-electron chi connectivity index (χ2n) is 6.01. The van der Waals surface area contributed by atoms with E-state index in [4.69, 9.17) is 0 Å². The van der Waals surface area contributed by atoms with Gasteiger partial charge in [0.2, 0.25) is 5.91 Å². The maximum absolute atomic E-state index is 11.6. The van der Waals surface area contributed by atoms with E-state index in [-0.39, 0.29) is 0 Å². The van der Waals surface area contributed by atoms with E-state index in [0.717, 1.165) is 6.42 Å². The fraction of sp³-hybridized carbons (Fsp3) is 0.917. The summed E-state index contributed by atoms with van der Waals surface area (Å²) in [4.78, 5) is 13.6. The van der Waals surface area contributed by atoms with Crippen molar-refractivity contribution in [3.63, 3.8) is 0 Å². The third-order valence-electron chi connectivity index (χ3n) is 4.13. The van der Waals surface area contributed by atoms with Crippen LogP contribution in [0.2, 0.25) is 0 Å². The molecule has 2 nitrogen and oxygen atoms in total. The van der Waals surface area contributed by atoms with Gasteiger partial charge in [0.25, 0.3) is 0 Å². The van der Waals surface area contributed by atoms with Crippen LogP contribution in [0.25, 0.3) is 0 Å². The lowest BCUT2D eigenvalue weighted by Gasteiger charge is -2.35. The first-order valence-corrected chi connectivity index (χ1v) is 5.67. The summed E-state index contributed by atoms with van der Waals surface area (Å²) >= 11 is 0. The van der Waals surface area contributed by atoms with E-state index in [1.807, 2.05) is 11.9 Å². The Balaban J connectivity index is 2.21. The largest absolute Gasteiger partial charge is 0.342 e. The average molecular weight is 195 g/mol. The van der Waals surface area contributed by atoms with Gasteiger partial charge in [0, 0.05) is 19.5 Å². The summed E-state index contributed by atoms with van der Waals surface area (Å²) in [6.07, 6.45) is 3.35. The van der Waals surface area contributed by atoms with Crippen LogP contribution in [-0.4, -0.2) is 23.9 Å². The molecule has 1 saturated heterocycles. The number of carbonyl (C=O) groups is 1. The Morgan fingerprint density at radius 1 is 1.29 bits per heavy atom. The quantitative estimate of drug-likeness (QED) is 0.580. The summed E-state index contributed by atoms with van der Waals surface area (Å²) in [5.41, 5.74) is 0.346. The van der Waals surface area contributed by atoms with Crippen molar-refractivity contribution in [2.24, 2.45) is 17.3 Å². The molecule has 0 aromatic heterocycles. The molecule has 14 heavy (non-hydrogen) atoms. The average Bonchev–Trinajstić information content (AvgIpc) is 2.54. The Bertz CT molecular complexity index is 254. The molecular formula is C12H21NO. The Morgan fingerprint density at radius 2 is 1.93 bits per heavy atom. The van der Waals surface area contributed by atoms with Crippen LogP contribution in [0.5, 0.6) is 0 Å². The van der Waals surface area contributed by atoms with Crippen LogP contribution in [-0.2, 0) is 4.79 Å². The summed E-state index contributed by atoms with van der Waals surface area (Å²) in [5, 5.41) is 0. The normalized spacial score (nSPS) is 37.9. The van der Waals surface area contributed by atoms with Crippen molar-refractivity contribution in [1.82, 2.24) is 4.90 Å². The second-order valence-corrected chi connectivity index (χ2v) is 6.01. The SMILES string of the molecule is CN1C(=O)CC2CCC(C(C)(C)C)C21. The minimum Gasteiger partial charge on any atom is -0.342 e. The Kier molecular flexibility index (Phi) is 2.13. The molecule has 0 spiro atoms. The van der Waals surface area contributed by atoms with Crippen LogP contribution in [0.4, 0.5) is 0 Å². The number of likely N-dealkylation sites (tertiary alicyclic amines) is 1. The number of amides is 1. The standard InChI is InChI=1S/C12H21NO/c1-12(2,3)9-6-5-8-7-10(14)13(4)11(8)9/h8-9,11H,5-7H2,1-4H3. The summed E-state index contributed by atoms with van der Waals surface area (Å²) in [5.74, 6) is 1.70. The predicted molar refractivity (Wildman–Crippen MR) is 56.8 cm³/mol. The van der Waals surface area contributed by atoms with Crippen LogP contribution >= 0.6 is 0 Å². The molecule has 3 atom stereocenters. The van der Waals surface area contributed by atoms with E-state index in [0.29, 0.717) is 29.2 Å². The first-order valence-electron chi connectivity index (χ1n) is 5.67. The molecule has 3 unspecified atom stereocenters. The molecule has 2 aliphatic rings. The van der Waals surface area contributed by atoms with Crippen LogP contribution in [0.1, 0.15) is 40.0 Å².